The Bertz CT molecular complexity index is 796. The SMILES string of the molecule is COc1cc(OC)c(C(=O)C(O)c2c(OC)cc(OC)cc2OC)c(OC)c1. The average Bonchev–Trinajstić information content (AvgIpc) is 2.75. The quantitative estimate of drug-likeness (QED) is 0.651. The van der Waals surface area contributed by atoms with Crippen LogP contribution in [0.2, 0.25) is 0 Å². The Kier molecular flexibility index (Phi) is 6.94. The molecule has 0 aliphatic carbocycles. The maximum absolute atomic E-state index is 13.2. The van der Waals surface area contributed by atoms with Gasteiger partial charge in [-0.05, 0) is 0 Å². The zero-order valence-electron chi connectivity index (χ0n) is 16.7. The number of methoxy groups -OCH3 is 6. The zero-order chi connectivity index (χ0) is 20.8. The zero-order valence-corrected chi connectivity index (χ0v) is 16.7. The Hall–Kier alpha value is -3.13. The predicted molar refractivity (Wildman–Crippen MR) is 101 cm³/mol. The fourth-order valence-corrected chi connectivity index (χ4v) is 2.82. The van der Waals surface area contributed by atoms with E-state index >= 15 is 0 Å². The number of aliphatic hydroxyl groups is 1. The average molecular weight is 392 g/mol. The number of carbonyl (C=O) groups excluding carboxylic acids is 1. The highest BCUT2D eigenvalue weighted by Crippen LogP contribution is 2.42. The molecule has 0 saturated heterocycles. The van der Waals surface area contributed by atoms with E-state index in [1.165, 1.54) is 54.8 Å². The first-order valence-electron chi connectivity index (χ1n) is 8.27. The summed E-state index contributed by atoms with van der Waals surface area (Å²) < 4.78 is 31.7. The van der Waals surface area contributed by atoms with Gasteiger partial charge in [-0.2, -0.15) is 0 Å². The first kappa shape index (κ1) is 21.2. The third kappa shape index (κ3) is 3.91. The number of ketones is 1. The van der Waals surface area contributed by atoms with E-state index in [1.54, 1.807) is 12.1 Å². The molecule has 0 amide bonds. The fraction of sp³-hybridized carbons (Fsp3) is 0.350. The lowest BCUT2D eigenvalue weighted by molar-refractivity contribution is 0.0729. The standard InChI is InChI=1S/C20H24O8/c1-23-11-7-13(25-3)17(14(8-11)26-4)19(21)20(22)18-15(27-5)9-12(24-2)10-16(18)28-6/h7-10,19,21H,1-6H3. The number of hydrogen-bond donors (Lipinski definition) is 1. The van der Waals surface area contributed by atoms with Crippen molar-refractivity contribution in [2.75, 3.05) is 42.7 Å². The van der Waals surface area contributed by atoms with E-state index in [-0.39, 0.29) is 34.1 Å². The first-order valence-corrected chi connectivity index (χ1v) is 8.27. The van der Waals surface area contributed by atoms with E-state index in [9.17, 15) is 9.90 Å². The number of benzene rings is 2. The van der Waals surface area contributed by atoms with Crippen molar-refractivity contribution in [3.63, 3.8) is 0 Å². The summed E-state index contributed by atoms with van der Waals surface area (Å²) in [6, 6.07) is 6.17. The Morgan fingerprint density at radius 1 is 0.679 bits per heavy atom. The molecule has 0 aliphatic rings. The van der Waals surface area contributed by atoms with Gasteiger partial charge < -0.3 is 33.5 Å². The Labute approximate surface area is 163 Å². The summed E-state index contributed by atoms with van der Waals surface area (Å²) in [5.74, 6) is 1.12. The van der Waals surface area contributed by atoms with E-state index in [1.807, 2.05) is 0 Å². The molecule has 1 N–H and O–H groups in total. The molecule has 2 rings (SSSR count). The largest absolute Gasteiger partial charge is 0.496 e. The predicted octanol–water partition coefficient (Wildman–Crippen LogP) is 2.65. The van der Waals surface area contributed by atoms with Crippen LogP contribution >= 0.6 is 0 Å². The lowest BCUT2D eigenvalue weighted by Gasteiger charge is -2.20. The molecule has 0 spiro atoms. The minimum atomic E-state index is -1.60. The van der Waals surface area contributed by atoms with Gasteiger partial charge in [0.1, 0.15) is 46.2 Å². The van der Waals surface area contributed by atoms with E-state index in [0.717, 1.165) is 0 Å². The first-order chi connectivity index (χ1) is 13.4. The summed E-state index contributed by atoms with van der Waals surface area (Å²) in [6.45, 7) is 0. The molecule has 8 nitrogen and oxygen atoms in total. The van der Waals surface area contributed by atoms with Crippen LogP contribution < -0.4 is 28.4 Å². The van der Waals surface area contributed by atoms with Gasteiger partial charge in [0.05, 0.1) is 48.2 Å². The Morgan fingerprint density at radius 3 is 1.36 bits per heavy atom. The lowest BCUT2D eigenvalue weighted by atomic mass is 9.96. The fourth-order valence-electron chi connectivity index (χ4n) is 2.82. The highest BCUT2D eigenvalue weighted by atomic mass is 16.5. The van der Waals surface area contributed by atoms with Crippen LogP contribution in [-0.2, 0) is 0 Å². The number of aliphatic hydroxyl groups excluding tert-OH is 1. The maximum atomic E-state index is 13.2. The molecule has 2 aromatic rings. The van der Waals surface area contributed by atoms with E-state index < -0.39 is 11.9 Å². The van der Waals surface area contributed by atoms with Crippen LogP contribution in [0.15, 0.2) is 24.3 Å². The summed E-state index contributed by atoms with van der Waals surface area (Å²) >= 11 is 0. The molecule has 0 saturated carbocycles. The van der Waals surface area contributed by atoms with Crippen LogP contribution in [0.4, 0.5) is 0 Å². The van der Waals surface area contributed by atoms with Crippen molar-refractivity contribution in [2.45, 2.75) is 6.10 Å². The molecule has 0 heterocycles. The van der Waals surface area contributed by atoms with Gasteiger partial charge in [-0.1, -0.05) is 0 Å². The molecule has 28 heavy (non-hydrogen) atoms. The van der Waals surface area contributed by atoms with Crippen LogP contribution in [0.5, 0.6) is 34.5 Å². The van der Waals surface area contributed by atoms with Crippen LogP contribution in [-0.4, -0.2) is 53.5 Å². The van der Waals surface area contributed by atoms with E-state index in [0.29, 0.717) is 11.5 Å². The van der Waals surface area contributed by atoms with Crippen molar-refractivity contribution < 1.29 is 38.3 Å². The number of ether oxygens (including phenoxy) is 6. The second kappa shape index (κ2) is 9.18. The molecule has 152 valence electrons. The van der Waals surface area contributed by atoms with E-state index in [2.05, 4.69) is 0 Å². The topological polar surface area (TPSA) is 92.7 Å². The molecule has 0 aliphatic heterocycles. The third-order valence-electron chi connectivity index (χ3n) is 4.24. The maximum Gasteiger partial charge on any atom is 0.203 e. The number of rotatable bonds is 9. The summed E-state index contributed by atoms with van der Waals surface area (Å²) in [5.41, 5.74) is 0.231. The van der Waals surface area contributed by atoms with Crippen molar-refractivity contribution in [1.82, 2.24) is 0 Å². The minimum Gasteiger partial charge on any atom is -0.496 e. The Morgan fingerprint density at radius 2 is 1.04 bits per heavy atom. The summed E-state index contributed by atoms with van der Waals surface area (Å²) in [6.07, 6.45) is -1.60. The molecule has 8 heteroatoms. The van der Waals surface area contributed by atoms with Crippen LogP contribution in [0.1, 0.15) is 22.0 Å². The van der Waals surface area contributed by atoms with Crippen molar-refractivity contribution in [3.05, 3.63) is 35.4 Å². The number of carbonyl (C=O) groups is 1. The molecule has 0 radical (unpaired) electrons. The van der Waals surface area contributed by atoms with Gasteiger partial charge in [-0.15, -0.1) is 0 Å². The highest BCUT2D eigenvalue weighted by molar-refractivity contribution is 6.05. The highest BCUT2D eigenvalue weighted by Gasteiger charge is 2.32. The molecular formula is C20H24O8. The van der Waals surface area contributed by atoms with Crippen molar-refractivity contribution in [1.29, 1.82) is 0 Å². The number of Topliss-reactive ketones (excluding diaryl/α,β-unsaturated/α-hetero) is 1. The van der Waals surface area contributed by atoms with Crippen LogP contribution in [0.25, 0.3) is 0 Å². The van der Waals surface area contributed by atoms with Gasteiger partial charge in [-0.25, -0.2) is 0 Å². The van der Waals surface area contributed by atoms with Gasteiger partial charge in [0.25, 0.3) is 0 Å². The monoisotopic (exact) mass is 392 g/mol. The minimum absolute atomic E-state index is 0.0678. The number of hydrogen-bond acceptors (Lipinski definition) is 8. The van der Waals surface area contributed by atoms with Crippen LogP contribution in [0, 0.1) is 0 Å². The molecule has 0 fully saturated rings. The third-order valence-corrected chi connectivity index (χ3v) is 4.24. The van der Waals surface area contributed by atoms with Gasteiger partial charge in [0.2, 0.25) is 5.78 Å². The smallest absolute Gasteiger partial charge is 0.203 e. The lowest BCUT2D eigenvalue weighted by Crippen LogP contribution is -2.17. The summed E-state index contributed by atoms with van der Waals surface area (Å²) in [7, 11) is 8.63. The Balaban J connectivity index is 2.63. The second-order valence-electron chi connectivity index (χ2n) is 5.62. The molecule has 0 aromatic heterocycles. The summed E-state index contributed by atoms with van der Waals surface area (Å²) in [5, 5.41) is 10.9. The van der Waals surface area contributed by atoms with Crippen molar-refractivity contribution >= 4 is 5.78 Å². The van der Waals surface area contributed by atoms with E-state index in [4.69, 9.17) is 28.4 Å². The molecular weight excluding hydrogens is 368 g/mol. The van der Waals surface area contributed by atoms with Crippen molar-refractivity contribution in [2.24, 2.45) is 0 Å². The van der Waals surface area contributed by atoms with Gasteiger partial charge >= 0.3 is 0 Å². The van der Waals surface area contributed by atoms with Crippen LogP contribution in [0.3, 0.4) is 0 Å². The molecule has 2 aromatic carbocycles. The summed E-state index contributed by atoms with van der Waals surface area (Å²) in [4.78, 5) is 13.2. The van der Waals surface area contributed by atoms with Gasteiger partial charge in [0.15, 0.2) is 0 Å². The molecule has 0 bridgehead atoms. The van der Waals surface area contributed by atoms with Gasteiger partial charge in [0, 0.05) is 24.3 Å². The van der Waals surface area contributed by atoms with Crippen molar-refractivity contribution in [3.8, 4) is 34.5 Å². The second-order valence-corrected chi connectivity index (χ2v) is 5.62. The molecule has 1 unspecified atom stereocenters. The normalized spacial score (nSPS) is 11.4. The van der Waals surface area contributed by atoms with Gasteiger partial charge in [-0.3, -0.25) is 4.79 Å². The molecule has 1 atom stereocenters.